The summed E-state index contributed by atoms with van der Waals surface area (Å²) in [7, 11) is 0. The van der Waals surface area contributed by atoms with E-state index in [-0.39, 0.29) is 17.6 Å². The number of halogens is 1. The van der Waals surface area contributed by atoms with Crippen molar-refractivity contribution >= 4 is 33.3 Å². The minimum Gasteiger partial charge on any atom is -0.358 e. The fourth-order valence-electron chi connectivity index (χ4n) is 1.53. The zero-order valence-electron chi connectivity index (χ0n) is 11.7. The van der Waals surface area contributed by atoms with Gasteiger partial charge in [-0.25, -0.2) is 4.98 Å². The highest BCUT2D eigenvalue weighted by molar-refractivity contribution is 9.10. The molecule has 0 fully saturated rings. The molecule has 0 aliphatic rings. The third-order valence-corrected chi connectivity index (χ3v) is 3.58. The minimum absolute atomic E-state index is 0.0433. The number of hydrogen-bond acceptors (Lipinski definition) is 5. The second kappa shape index (κ2) is 6.65. The van der Waals surface area contributed by atoms with Crippen LogP contribution in [0.5, 0.6) is 0 Å². The van der Waals surface area contributed by atoms with Gasteiger partial charge in [0.25, 0.3) is 5.69 Å². The van der Waals surface area contributed by atoms with Gasteiger partial charge in [0.15, 0.2) is 0 Å². The maximum Gasteiger partial charge on any atom is 0.291 e. The highest BCUT2D eigenvalue weighted by atomic mass is 79.9. The van der Waals surface area contributed by atoms with Crippen LogP contribution < -0.4 is 10.6 Å². The third-order valence-electron chi connectivity index (χ3n) is 2.61. The van der Waals surface area contributed by atoms with Gasteiger partial charge in [-0.3, -0.25) is 14.9 Å². The molecule has 1 aromatic rings. The topological polar surface area (TPSA) is 97.2 Å². The highest BCUT2D eigenvalue weighted by Gasteiger charge is 2.20. The van der Waals surface area contributed by atoms with E-state index < -0.39 is 11.0 Å². The Labute approximate surface area is 125 Å². The molecule has 1 atom stereocenters. The van der Waals surface area contributed by atoms with Gasteiger partial charge in [-0.1, -0.05) is 0 Å². The first-order chi connectivity index (χ1) is 9.23. The van der Waals surface area contributed by atoms with Crippen LogP contribution in [-0.2, 0) is 4.79 Å². The summed E-state index contributed by atoms with van der Waals surface area (Å²) in [4.78, 5) is 26.1. The molecule has 1 rings (SSSR count). The van der Waals surface area contributed by atoms with Gasteiger partial charge in [0, 0.05) is 11.6 Å². The van der Waals surface area contributed by atoms with E-state index >= 15 is 0 Å². The van der Waals surface area contributed by atoms with Gasteiger partial charge in [0.05, 0.1) is 9.40 Å². The molecule has 1 amide bonds. The second-order valence-electron chi connectivity index (χ2n) is 4.72. The second-order valence-corrected chi connectivity index (χ2v) is 5.51. The van der Waals surface area contributed by atoms with Crippen molar-refractivity contribution < 1.29 is 9.72 Å². The van der Waals surface area contributed by atoms with E-state index in [1.54, 1.807) is 13.8 Å². The van der Waals surface area contributed by atoms with Crippen LogP contribution in [-0.4, -0.2) is 27.9 Å². The Bertz CT molecular complexity index is 534. The number of rotatable bonds is 5. The summed E-state index contributed by atoms with van der Waals surface area (Å²) in [6, 6.07) is -0.455. The molecule has 110 valence electrons. The monoisotopic (exact) mass is 344 g/mol. The molecule has 1 heterocycles. The maximum atomic E-state index is 11.8. The van der Waals surface area contributed by atoms with Crippen molar-refractivity contribution in [2.45, 2.75) is 39.8 Å². The van der Waals surface area contributed by atoms with E-state index in [2.05, 4.69) is 31.5 Å². The summed E-state index contributed by atoms with van der Waals surface area (Å²) < 4.78 is 0.482. The summed E-state index contributed by atoms with van der Waals surface area (Å²) in [5.74, 6) is 0.240. The largest absolute Gasteiger partial charge is 0.358 e. The Balaban J connectivity index is 2.91. The van der Waals surface area contributed by atoms with Gasteiger partial charge in [0.2, 0.25) is 5.91 Å². The molecule has 0 bridgehead atoms. The number of nitro groups is 1. The first kappa shape index (κ1) is 16.4. The summed E-state index contributed by atoms with van der Waals surface area (Å²) in [6.07, 6.45) is 1.18. The number of pyridine rings is 1. The van der Waals surface area contributed by atoms with E-state index in [0.29, 0.717) is 15.9 Å². The Morgan fingerprint density at radius 1 is 1.45 bits per heavy atom. The quantitative estimate of drug-likeness (QED) is 0.631. The van der Waals surface area contributed by atoms with Gasteiger partial charge in [0.1, 0.15) is 18.1 Å². The first-order valence-electron chi connectivity index (χ1n) is 6.10. The van der Waals surface area contributed by atoms with Crippen molar-refractivity contribution in [2.75, 3.05) is 5.32 Å². The van der Waals surface area contributed by atoms with Crippen LogP contribution in [0.25, 0.3) is 0 Å². The predicted octanol–water partition coefficient (Wildman–Crippen LogP) is 2.39. The van der Waals surface area contributed by atoms with Gasteiger partial charge in [-0.2, -0.15) is 0 Å². The fourth-order valence-corrected chi connectivity index (χ4v) is 1.95. The number of anilines is 1. The summed E-state index contributed by atoms with van der Waals surface area (Å²) >= 11 is 3.27. The van der Waals surface area contributed by atoms with Crippen LogP contribution in [0.1, 0.15) is 26.3 Å². The lowest BCUT2D eigenvalue weighted by Crippen LogP contribution is -2.41. The number of nitrogens with zero attached hydrogens (tertiary/aromatic N) is 2. The molecule has 0 aliphatic carbocycles. The molecule has 0 aromatic carbocycles. The Morgan fingerprint density at radius 3 is 2.55 bits per heavy atom. The minimum atomic E-state index is -0.498. The zero-order chi connectivity index (χ0) is 15.4. The normalized spacial score (nSPS) is 12.1. The van der Waals surface area contributed by atoms with Gasteiger partial charge >= 0.3 is 0 Å². The molecule has 0 aliphatic heterocycles. The van der Waals surface area contributed by atoms with E-state index in [4.69, 9.17) is 0 Å². The van der Waals surface area contributed by atoms with E-state index in [9.17, 15) is 14.9 Å². The van der Waals surface area contributed by atoms with E-state index in [0.717, 1.165) is 0 Å². The number of hydrogen-bond donors (Lipinski definition) is 2. The molecule has 0 spiro atoms. The van der Waals surface area contributed by atoms with Gasteiger partial charge in [-0.15, -0.1) is 0 Å². The molecule has 20 heavy (non-hydrogen) atoms. The van der Waals surface area contributed by atoms with Crippen LogP contribution in [0, 0.1) is 17.0 Å². The molecule has 0 radical (unpaired) electrons. The van der Waals surface area contributed by atoms with Crippen molar-refractivity contribution in [2.24, 2.45) is 0 Å². The average Bonchev–Trinajstić information content (AvgIpc) is 2.33. The van der Waals surface area contributed by atoms with Crippen molar-refractivity contribution in [1.29, 1.82) is 0 Å². The lowest BCUT2D eigenvalue weighted by atomic mass is 10.2. The predicted molar refractivity (Wildman–Crippen MR) is 79.7 cm³/mol. The lowest BCUT2D eigenvalue weighted by molar-refractivity contribution is -0.385. The van der Waals surface area contributed by atoms with Crippen LogP contribution in [0.15, 0.2) is 10.7 Å². The smallest absolute Gasteiger partial charge is 0.291 e. The SMILES string of the molecule is Cc1c([N+](=O)[O-])cnc(NC(C)C(=O)NC(C)C)c1Br. The number of carbonyl (C=O) groups excluding carboxylic acids is 1. The Morgan fingerprint density at radius 2 is 2.05 bits per heavy atom. The van der Waals surface area contributed by atoms with Crippen molar-refractivity contribution in [1.82, 2.24) is 10.3 Å². The Kier molecular flexibility index (Phi) is 5.43. The standard InChI is InChI=1S/C12H17BrN4O3/c1-6(2)15-12(18)8(4)16-11-10(13)7(3)9(5-14-11)17(19)20/h5-6,8H,1-4H3,(H,14,16)(H,15,18). The number of carbonyl (C=O) groups is 1. The van der Waals surface area contributed by atoms with Crippen LogP contribution >= 0.6 is 15.9 Å². The summed E-state index contributed by atoms with van der Waals surface area (Å²) in [6.45, 7) is 7.06. The molecular weight excluding hydrogens is 328 g/mol. The van der Waals surface area contributed by atoms with E-state index in [1.165, 1.54) is 6.20 Å². The summed E-state index contributed by atoms with van der Waals surface area (Å²) in [5, 5.41) is 16.5. The summed E-state index contributed by atoms with van der Waals surface area (Å²) in [5.41, 5.74) is 0.394. The van der Waals surface area contributed by atoms with Crippen LogP contribution in [0.4, 0.5) is 11.5 Å². The first-order valence-corrected chi connectivity index (χ1v) is 6.89. The molecule has 0 saturated heterocycles. The van der Waals surface area contributed by atoms with Crippen molar-refractivity contribution in [3.63, 3.8) is 0 Å². The van der Waals surface area contributed by atoms with Crippen molar-refractivity contribution in [3.05, 3.63) is 26.3 Å². The Hall–Kier alpha value is -1.70. The lowest BCUT2D eigenvalue weighted by Gasteiger charge is -2.17. The molecule has 0 saturated carbocycles. The van der Waals surface area contributed by atoms with Crippen molar-refractivity contribution in [3.8, 4) is 0 Å². The highest BCUT2D eigenvalue weighted by Crippen LogP contribution is 2.30. The average molecular weight is 345 g/mol. The molecule has 8 heteroatoms. The number of aromatic nitrogens is 1. The fraction of sp³-hybridized carbons (Fsp3) is 0.500. The molecule has 7 nitrogen and oxygen atoms in total. The maximum absolute atomic E-state index is 11.8. The van der Waals surface area contributed by atoms with Gasteiger partial charge < -0.3 is 10.6 Å². The van der Waals surface area contributed by atoms with E-state index in [1.807, 2.05) is 13.8 Å². The molecule has 1 unspecified atom stereocenters. The number of nitrogens with one attached hydrogen (secondary N) is 2. The molecule has 1 aromatic heterocycles. The molecule has 2 N–H and O–H groups in total. The van der Waals surface area contributed by atoms with Crippen LogP contribution in [0.2, 0.25) is 0 Å². The zero-order valence-corrected chi connectivity index (χ0v) is 13.3. The third kappa shape index (κ3) is 3.89. The number of amides is 1. The molecular formula is C12H17BrN4O3. The van der Waals surface area contributed by atoms with Crippen LogP contribution in [0.3, 0.4) is 0 Å². The van der Waals surface area contributed by atoms with Gasteiger partial charge in [-0.05, 0) is 43.6 Å².